The van der Waals surface area contributed by atoms with Crippen LogP contribution in [0.2, 0.25) is 5.02 Å². The zero-order valence-electron chi connectivity index (χ0n) is 16.8. The van der Waals surface area contributed by atoms with Gasteiger partial charge in [-0.05, 0) is 61.3 Å². The number of hydrogen-bond donors (Lipinski definition) is 2. The number of fused-ring (bicyclic) bond motifs is 1. The molecule has 0 bridgehead atoms. The van der Waals surface area contributed by atoms with Crippen molar-refractivity contribution < 1.29 is 9.59 Å². The first kappa shape index (κ1) is 20.9. The van der Waals surface area contributed by atoms with Crippen LogP contribution in [0.15, 0.2) is 24.3 Å². The van der Waals surface area contributed by atoms with E-state index in [0.29, 0.717) is 33.6 Å². The number of nitrogens with one attached hydrogen (secondary N) is 2. The van der Waals surface area contributed by atoms with Crippen molar-refractivity contribution in [1.82, 2.24) is 5.32 Å². The maximum atomic E-state index is 12.8. The highest BCUT2D eigenvalue weighted by atomic mass is 35.5. The summed E-state index contributed by atoms with van der Waals surface area (Å²) in [5, 5.41) is 7.01. The van der Waals surface area contributed by atoms with Gasteiger partial charge in [-0.25, -0.2) is 0 Å². The molecule has 28 heavy (non-hydrogen) atoms. The Hall–Kier alpha value is -1.85. The molecule has 1 aromatic heterocycles. The van der Waals surface area contributed by atoms with E-state index in [4.69, 9.17) is 11.6 Å². The summed E-state index contributed by atoms with van der Waals surface area (Å²) < 4.78 is 0. The summed E-state index contributed by atoms with van der Waals surface area (Å²) in [7, 11) is 0. The Morgan fingerprint density at radius 1 is 1.25 bits per heavy atom. The van der Waals surface area contributed by atoms with Gasteiger partial charge in [-0.15, -0.1) is 11.3 Å². The summed E-state index contributed by atoms with van der Waals surface area (Å²) in [5.41, 5.74) is 2.42. The number of halogens is 1. The molecule has 3 rings (SSSR count). The van der Waals surface area contributed by atoms with E-state index in [1.54, 1.807) is 24.3 Å². The van der Waals surface area contributed by atoms with Crippen molar-refractivity contribution in [3.8, 4) is 0 Å². The summed E-state index contributed by atoms with van der Waals surface area (Å²) in [5.74, 6) is 0.201. The number of amides is 2. The molecule has 2 aromatic rings. The van der Waals surface area contributed by atoms with Crippen LogP contribution in [-0.4, -0.2) is 18.4 Å². The average Bonchev–Trinajstić information content (AvgIpc) is 2.98. The molecular weight excluding hydrogens is 392 g/mol. The molecule has 1 aliphatic rings. The molecule has 0 fully saturated rings. The van der Waals surface area contributed by atoms with E-state index in [1.807, 2.05) is 6.92 Å². The third kappa shape index (κ3) is 4.41. The van der Waals surface area contributed by atoms with Crippen LogP contribution in [-0.2, 0) is 12.8 Å². The predicted molar refractivity (Wildman–Crippen MR) is 117 cm³/mol. The second-order valence-corrected chi connectivity index (χ2v) is 9.88. The van der Waals surface area contributed by atoms with Gasteiger partial charge in [-0.3, -0.25) is 9.59 Å². The van der Waals surface area contributed by atoms with E-state index in [1.165, 1.54) is 16.2 Å². The lowest BCUT2D eigenvalue weighted by Crippen LogP contribution is -2.28. The number of benzene rings is 1. The molecule has 2 N–H and O–H groups in total. The van der Waals surface area contributed by atoms with Crippen molar-refractivity contribution in [3.05, 3.63) is 50.9 Å². The summed E-state index contributed by atoms with van der Waals surface area (Å²) in [6, 6.07) is 6.83. The Balaban J connectivity index is 1.95. The van der Waals surface area contributed by atoms with Gasteiger partial charge in [0, 0.05) is 22.0 Å². The first-order valence-corrected chi connectivity index (χ1v) is 10.9. The molecule has 1 aromatic carbocycles. The number of rotatable bonds is 4. The largest absolute Gasteiger partial charge is 0.352 e. The maximum Gasteiger partial charge on any atom is 0.256 e. The fraction of sp³-hybridized carbons (Fsp3) is 0.455. The maximum absolute atomic E-state index is 12.8. The smallest absolute Gasteiger partial charge is 0.256 e. The molecule has 4 nitrogen and oxygen atoms in total. The van der Waals surface area contributed by atoms with E-state index in [-0.39, 0.29) is 17.2 Å². The zero-order valence-corrected chi connectivity index (χ0v) is 18.4. The normalized spacial score (nSPS) is 16.4. The van der Waals surface area contributed by atoms with Crippen LogP contribution in [0.1, 0.15) is 65.3 Å². The molecule has 0 saturated heterocycles. The summed E-state index contributed by atoms with van der Waals surface area (Å²) >= 11 is 7.55. The van der Waals surface area contributed by atoms with Gasteiger partial charge in [0.15, 0.2) is 0 Å². The number of hydrogen-bond acceptors (Lipinski definition) is 3. The predicted octanol–water partition coefficient (Wildman–Crippen LogP) is 5.55. The summed E-state index contributed by atoms with van der Waals surface area (Å²) in [6.45, 7) is 9.25. The fourth-order valence-corrected chi connectivity index (χ4v) is 5.22. The van der Waals surface area contributed by atoms with Gasteiger partial charge >= 0.3 is 0 Å². The molecule has 0 radical (unpaired) electrons. The van der Waals surface area contributed by atoms with E-state index in [0.717, 1.165) is 24.8 Å². The number of anilines is 1. The lowest BCUT2D eigenvalue weighted by molar-refractivity contribution is 0.0955. The second kappa shape index (κ2) is 8.26. The first-order valence-electron chi connectivity index (χ1n) is 9.70. The highest BCUT2D eigenvalue weighted by Gasteiger charge is 2.34. The molecule has 0 aliphatic heterocycles. The Bertz CT molecular complexity index is 898. The molecule has 1 heterocycles. The van der Waals surface area contributed by atoms with Crippen LogP contribution < -0.4 is 10.6 Å². The minimum absolute atomic E-state index is 0.115. The first-order chi connectivity index (χ1) is 13.2. The van der Waals surface area contributed by atoms with Crippen LogP contribution in [0.5, 0.6) is 0 Å². The van der Waals surface area contributed by atoms with E-state index >= 15 is 0 Å². The Labute approximate surface area is 175 Å². The molecular formula is C22H27ClN2O2S. The van der Waals surface area contributed by atoms with Crippen molar-refractivity contribution >= 4 is 39.8 Å². The van der Waals surface area contributed by atoms with Gasteiger partial charge in [-0.1, -0.05) is 38.4 Å². The monoisotopic (exact) mass is 418 g/mol. The minimum atomic E-state index is -0.251. The van der Waals surface area contributed by atoms with Crippen molar-refractivity contribution in [2.45, 2.75) is 47.0 Å². The van der Waals surface area contributed by atoms with Crippen molar-refractivity contribution in [2.24, 2.45) is 11.3 Å². The van der Waals surface area contributed by atoms with E-state index < -0.39 is 0 Å². The molecule has 150 valence electrons. The van der Waals surface area contributed by atoms with Gasteiger partial charge in [0.05, 0.1) is 5.56 Å². The van der Waals surface area contributed by atoms with E-state index in [9.17, 15) is 9.59 Å². The molecule has 6 heteroatoms. The second-order valence-electron chi connectivity index (χ2n) is 8.34. The Morgan fingerprint density at radius 3 is 2.64 bits per heavy atom. The molecule has 0 spiro atoms. The van der Waals surface area contributed by atoms with Crippen molar-refractivity contribution in [1.29, 1.82) is 0 Å². The lowest BCUT2D eigenvalue weighted by Gasteiger charge is -2.33. The quantitative estimate of drug-likeness (QED) is 0.683. The standard InChI is InChI=1S/C22H27ClN2O2S/c1-5-24-20(27)18-16-10-9-14(22(2,3)4)12-17(16)28-21(18)25-19(26)13-7-6-8-15(23)11-13/h6-8,11,14H,5,9-10,12H2,1-4H3,(H,24,27)(H,25,26). The molecule has 2 amide bonds. The SMILES string of the molecule is CCNC(=O)c1c(NC(=O)c2cccc(Cl)c2)sc2c1CCC(C(C)(C)C)C2. The number of carbonyl (C=O) groups excluding carboxylic acids is 2. The summed E-state index contributed by atoms with van der Waals surface area (Å²) in [4.78, 5) is 26.7. The van der Waals surface area contributed by atoms with Crippen molar-refractivity contribution in [3.63, 3.8) is 0 Å². The van der Waals surface area contributed by atoms with Crippen LogP contribution in [0.25, 0.3) is 0 Å². The zero-order chi connectivity index (χ0) is 20.5. The number of thiophene rings is 1. The average molecular weight is 419 g/mol. The van der Waals surface area contributed by atoms with Gasteiger partial charge in [0.25, 0.3) is 11.8 Å². The molecule has 1 unspecified atom stereocenters. The van der Waals surface area contributed by atoms with Crippen LogP contribution >= 0.6 is 22.9 Å². The third-order valence-electron chi connectivity index (χ3n) is 5.37. The number of carbonyl (C=O) groups is 2. The van der Waals surface area contributed by atoms with Gasteiger partial charge in [0.1, 0.15) is 5.00 Å². The molecule has 1 aliphatic carbocycles. The van der Waals surface area contributed by atoms with Gasteiger partial charge in [-0.2, -0.15) is 0 Å². The van der Waals surface area contributed by atoms with Gasteiger partial charge in [0.2, 0.25) is 0 Å². The minimum Gasteiger partial charge on any atom is -0.352 e. The highest BCUT2D eigenvalue weighted by molar-refractivity contribution is 7.17. The molecule has 1 atom stereocenters. The third-order valence-corrected chi connectivity index (χ3v) is 6.77. The van der Waals surface area contributed by atoms with Crippen molar-refractivity contribution in [2.75, 3.05) is 11.9 Å². The van der Waals surface area contributed by atoms with Gasteiger partial charge < -0.3 is 10.6 Å². The fourth-order valence-electron chi connectivity index (χ4n) is 3.71. The Morgan fingerprint density at radius 2 is 2.00 bits per heavy atom. The molecule has 0 saturated carbocycles. The van der Waals surface area contributed by atoms with Crippen LogP contribution in [0.3, 0.4) is 0 Å². The highest BCUT2D eigenvalue weighted by Crippen LogP contribution is 2.44. The Kier molecular flexibility index (Phi) is 6.15. The topological polar surface area (TPSA) is 58.2 Å². The lowest BCUT2D eigenvalue weighted by atomic mass is 9.72. The van der Waals surface area contributed by atoms with E-state index in [2.05, 4.69) is 31.4 Å². The van der Waals surface area contributed by atoms with Crippen LogP contribution in [0.4, 0.5) is 5.00 Å². The summed E-state index contributed by atoms with van der Waals surface area (Å²) in [6.07, 6.45) is 2.87. The van der Waals surface area contributed by atoms with Crippen LogP contribution in [0, 0.1) is 11.3 Å².